The molecule has 0 aliphatic rings. The second kappa shape index (κ2) is 3.71. The second-order valence-corrected chi connectivity index (χ2v) is 4.26. The molecule has 0 spiro atoms. The minimum atomic E-state index is 0.304. The highest BCUT2D eigenvalue weighted by molar-refractivity contribution is 9.10. The van der Waals surface area contributed by atoms with Gasteiger partial charge in [-0.2, -0.15) is 5.10 Å². The maximum Gasteiger partial charge on any atom is 0.0935 e. The number of H-pyrrole nitrogens is 1. The van der Waals surface area contributed by atoms with Gasteiger partial charge in [-0.1, -0.05) is 28.9 Å². The number of hydrogen-bond donors (Lipinski definition) is 2. The maximum atomic E-state index is 5.64. The molecule has 1 aromatic heterocycles. The topological polar surface area (TPSA) is 54.7 Å². The molecule has 74 valence electrons. The molecule has 1 atom stereocenters. The van der Waals surface area contributed by atoms with E-state index in [1.165, 1.54) is 0 Å². The van der Waals surface area contributed by atoms with E-state index in [0.717, 1.165) is 21.1 Å². The molecule has 0 aliphatic heterocycles. The van der Waals surface area contributed by atoms with E-state index < -0.39 is 0 Å². The Morgan fingerprint density at radius 3 is 3.07 bits per heavy atom. The Labute approximate surface area is 90.8 Å². The largest absolute Gasteiger partial charge is 0.330 e. The molecule has 2 aromatic rings. The average molecular weight is 254 g/mol. The molecule has 0 saturated carbocycles. The molecule has 1 heterocycles. The molecule has 0 saturated heterocycles. The van der Waals surface area contributed by atoms with Crippen LogP contribution in [0.1, 0.15) is 18.5 Å². The van der Waals surface area contributed by atoms with Crippen molar-refractivity contribution in [3.05, 3.63) is 28.4 Å². The number of nitrogens with zero attached hydrogens (tertiary/aromatic N) is 1. The number of rotatable bonds is 2. The van der Waals surface area contributed by atoms with Crippen molar-refractivity contribution < 1.29 is 0 Å². The van der Waals surface area contributed by atoms with Gasteiger partial charge in [0, 0.05) is 28.0 Å². The van der Waals surface area contributed by atoms with Gasteiger partial charge >= 0.3 is 0 Å². The van der Waals surface area contributed by atoms with Gasteiger partial charge in [-0.3, -0.25) is 5.10 Å². The van der Waals surface area contributed by atoms with Gasteiger partial charge in [0.25, 0.3) is 0 Å². The lowest BCUT2D eigenvalue weighted by Crippen LogP contribution is -2.09. The van der Waals surface area contributed by atoms with Crippen molar-refractivity contribution in [1.29, 1.82) is 0 Å². The molecule has 2 rings (SSSR count). The zero-order valence-corrected chi connectivity index (χ0v) is 9.51. The molecule has 0 aliphatic carbocycles. The van der Waals surface area contributed by atoms with Crippen molar-refractivity contribution in [3.8, 4) is 0 Å². The zero-order valence-electron chi connectivity index (χ0n) is 7.92. The fraction of sp³-hybridized carbons (Fsp3) is 0.300. The normalized spacial score (nSPS) is 13.4. The maximum absolute atomic E-state index is 5.64. The van der Waals surface area contributed by atoms with Crippen molar-refractivity contribution in [2.75, 3.05) is 6.54 Å². The standard InChI is InChI=1S/C10H12BrN3/c1-6(5-12)10-9-7(11)3-2-4-8(9)13-14-10/h2-4,6H,5,12H2,1H3,(H,13,14). The summed E-state index contributed by atoms with van der Waals surface area (Å²) in [7, 11) is 0. The first-order valence-corrected chi connectivity index (χ1v) is 5.36. The van der Waals surface area contributed by atoms with E-state index in [1.54, 1.807) is 0 Å². The quantitative estimate of drug-likeness (QED) is 0.864. The Balaban J connectivity index is 2.67. The molecule has 0 bridgehead atoms. The van der Waals surface area contributed by atoms with E-state index in [0.29, 0.717) is 12.5 Å². The number of halogens is 1. The van der Waals surface area contributed by atoms with Crippen LogP contribution in [0, 0.1) is 0 Å². The first-order chi connectivity index (χ1) is 6.74. The highest BCUT2D eigenvalue weighted by Crippen LogP contribution is 2.29. The number of benzene rings is 1. The van der Waals surface area contributed by atoms with E-state index >= 15 is 0 Å². The third-order valence-electron chi connectivity index (χ3n) is 2.40. The van der Waals surface area contributed by atoms with Crippen LogP contribution in [-0.2, 0) is 0 Å². The average Bonchev–Trinajstić information content (AvgIpc) is 2.62. The summed E-state index contributed by atoms with van der Waals surface area (Å²) in [4.78, 5) is 0. The first-order valence-electron chi connectivity index (χ1n) is 4.56. The number of nitrogens with two attached hydrogens (primary N) is 1. The Morgan fingerprint density at radius 1 is 1.57 bits per heavy atom. The molecule has 4 heteroatoms. The van der Waals surface area contributed by atoms with Crippen LogP contribution in [-0.4, -0.2) is 16.7 Å². The SMILES string of the molecule is CC(CN)c1[nH]nc2cccc(Br)c12. The highest BCUT2D eigenvalue weighted by atomic mass is 79.9. The van der Waals surface area contributed by atoms with E-state index in [4.69, 9.17) is 5.73 Å². The Kier molecular flexibility index (Phi) is 2.56. The van der Waals surface area contributed by atoms with Crippen molar-refractivity contribution >= 4 is 26.8 Å². The Bertz CT molecular complexity index is 450. The molecular formula is C10H12BrN3. The first kappa shape index (κ1) is 9.68. The summed E-state index contributed by atoms with van der Waals surface area (Å²) in [6, 6.07) is 5.98. The summed E-state index contributed by atoms with van der Waals surface area (Å²) < 4.78 is 1.07. The van der Waals surface area contributed by atoms with E-state index in [9.17, 15) is 0 Å². The lowest BCUT2D eigenvalue weighted by molar-refractivity contribution is 0.744. The molecule has 1 unspecified atom stereocenters. The van der Waals surface area contributed by atoms with Crippen LogP contribution >= 0.6 is 15.9 Å². The summed E-state index contributed by atoms with van der Waals surface area (Å²) >= 11 is 3.52. The summed E-state index contributed by atoms with van der Waals surface area (Å²) in [6.07, 6.45) is 0. The van der Waals surface area contributed by atoms with Gasteiger partial charge in [0.15, 0.2) is 0 Å². The van der Waals surface area contributed by atoms with Crippen LogP contribution in [0.15, 0.2) is 22.7 Å². The molecule has 3 N–H and O–H groups in total. The van der Waals surface area contributed by atoms with Gasteiger partial charge in [-0.15, -0.1) is 0 Å². The lowest BCUT2D eigenvalue weighted by Gasteiger charge is -2.06. The van der Waals surface area contributed by atoms with Crippen LogP contribution < -0.4 is 5.73 Å². The lowest BCUT2D eigenvalue weighted by atomic mass is 10.0. The van der Waals surface area contributed by atoms with Crippen molar-refractivity contribution in [1.82, 2.24) is 10.2 Å². The molecular weight excluding hydrogens is 242 g/mol. The summed E-state index contributed by atoms with van der Waals surface area (Å²) in [5.74, 6) is 0.304. The minimum absolute atomic E-state index is 0.304. The summed E-state index contributed by atoms with van der Waals surface area (Å²) in [5, 5.41) is 8.43. The van der Waals surface area contributed by atoms with Crippen LogP contribution in [0.25, 0.3) is 10.9 Å². The van der Waals surface area contributed by atoms with Crippen molar-refractivity contribution in [2.45, 2.75) is 12.8 Å². The highest BCUT2D eigenvalue weighted by Gasteiger charge is 2.12. The van der Waals surface area contributed by atoms with E-state index in [1.807, 2.05) is 18.2 Å². The van der Waals surface area contributed by atoms with Gasteiger partial charge < -0.3 is 5.73 Å². The van der Waals surface area contributed by atoms with Gasteiger partial charge in [0.1, 0.15) is 0 Å². The number of aromatic amines is 1. The molecule has 1 aromatic carbocycles. The fourth-order valence-corrected chi connectivity index (χ4v) is 2.09. The van der Waals surface area contributed by atoms with Gasteiger partial charge in [-0.25, -0.2) is 0 Å². The molecule has 0 radical (unpaired) electrons. The number of nitrogens with one attached hydrogen (secondary N) is 1. The monoisotopic (exact) mass is 253 g/mol. The van der Waals surface area contributed by atoms with Crippen molar-refractivity contribution in [3.63, 3.8) is 0 Å². The predicted molar refractivity (Wildman–Crippen MR) is 61.3 cm³/mol. The summed E-state index contributed by atoms with van der Waals surface area (Å²) in [6.45, 7) is 2.71. The van der Waals surface area contributed by atoms with Crippen LogP contribution in [0.3, 0.4) is 0 Å². The van der Waals surface area contributed by atoms with Crippen molar-refractivity contribution in [2.24, 2.45) is 5.73 Å². The van der Waals surface area contributed by atoms with Crippen LogP contribution in [0.4, 0.5) is 0 Å². The molecule has 3 nitrogen and oxygen atoms in total. The third kappa shape index (κ3) is 1.44. The van der Waals surface area contributed by atoms with E-state index in [-0.39, 0.29) is 0 Å². The fourth-order valence-electron chi connectivity index (χ4n) is 1.52. The number of fused-ring (bicyclic) bond motifs is 1. The predicted octanol–water partition coefficient (Wildman–Crippen LogP) is 2.39. The molecule has 0 amide bonds. The summed E-state index contributed by atoms with van der Waals surface area (Å²) in [5.41, 5.74) is 7.73. The van der Waals surface area contributed by atoms with Gasteiger partial charge in [0.05, 0.1) is 5.52 Å². The van der Waals surface area contributed by atoms with Crippen LogP contribution in [0.2, 0.25) is 0 Å². The van der Waals surface area contributed by atoms with E-state index in [2.05, 4.69) is 33.1 Å². The Hall–Kier alpha value is -0.870. The number of hydrogen-bond acceptors (Lipinski definition) is 2. The minimum Gasteiger partial charge on any atom is -0.330 e. The van der Waals surface area contributed by atoms with Gasteiger partial charge in [-0.05, 0) is 12.1 Å². The second-order valence-electron chi connectivity index (χ2n) is 3.41. The molecule has 14 heavy (non-hydrogen) atoms. The molecule has 0 fully saturated rings. The zero-order chi connectivity index (χ0) is 10.1. The van der Waals surface area contributed by atoms with Gasteiger partial charge in [0.2, 0.25) is 0 Å². The smallest absolute Gasteiger partial charge is 0.0935 e. The Morgan fingerprint density at radius 2 is 2.36 bits per heavy atom. The van der Waals surface area contributed by atoms with Crippen LogP contribution in [0.5, 0.6) is 0 Å². The number of aromatic nitrogens is 2. The third-order valence-corrected chi connectivity index (χ3v) is 3.06.